The number of fused-ring (bicyclic) bond motifs is 1. The molecule has 0 fully saturated rings. The third kappa shape index (κ3) is 2.80. The Hall–Kier alpha value is -2.93. The van der Waals surface area contributed by atoms with Gasteiger partial charge in [-0.1, -0.05) is 0 Å². The fraction of sp³-hybridized carbons (Fsp3) is 0.211. The van der Waals surface area contributed by atoms with Crippen LogP contribution < -0.4 is 0 Å². The highest BCUT2D eigenvalue weighted by molar-refractivity contribution is 7.15. The molecule has 0 aliphatic heterocycles. The lowest BCUT2D eigenvalue weighted by atomic mass is 10.1. The second-order valence-electron chi connectivity index (χ2n) is 6.01. The Morgan fingerprint density at radius 3 is 2.77 bits per heavy atom. The van der Waals surface area contributed by atoms with E-state index in [4.69, 9.17) is 4.74 Å². The molecular weight excluding hydrogens is 348 g/mol. The fourth-order valence-corrected chi connectivity index (χ4v) is 3.82. The number of ether oxygens (including phenoxy) is 1. The molecule has 0 aliphatic carbocycles. The number of nitrogens with zero attached hydrogens (tertiary/aromatic N) is 4. The molecule has 0 aliphatic rings. The fourth-order valence-electron chi connectivity index (χ4n) is 2.94. The van der Waals surface area contributed by atoms with E-state index in [0.717, 1.165) is 27.3 Å². The van der Waals surface area contributed by atoms with Crippen LogP contribution in [0.5, 0.6) is 0 Å². The van der Waals surface area contributed by atoms with Gasteiger partial charge in [-0.3, -0.25) is 9.08 Å². The van der Waals surface area contributed by atoms with Crippen LogP contribution in [0.2, 0.25) is 0 Å². The van der Waals surface area contributed by atoms with Crippen molar-refractivity contribution in [3.63, 3.8) is 0 Å². The largest absolute Gasteiger partial charge is 0.462 e. The first-order valence-corrected chi connectivity index (χ1v) is 9.12. The smallest absolute Gasteiger partial charge is 0.339 e. The highest BCUT2D eigenvalue weighted by Crippen LogP contribution is 2.32. The highest BCUT2D eigenvalue weighted by Gasteiger charge is 2.18. The van der Waals surface area contributed by atoms with E-state index < -0.39 is 0 Å². The summed E-state index contributed by atoms with van der Waals surface area (Å²) in [5.41, 5.74) is 3.98. The van der Waals surface area contributed by atoms with Gasteiger partial charge in [-0.25, -0.2) is 9.78 Å². The molecule has 0 saturated heterocycles. The van der Waals surface area contributed by atoms with Crippen LogP contribution in [0.1, 0.15) is 22.2 Å². The van der Waals surface area contributed by atoms with Gasteiger partial charge < -0.3 is 4.74 Å². The van der Waals surface area contributed by atoms with E-state index in [-0.39, 0.29) is 5.97 Å². The van der Waals surface area contributed by atoms with Gasteiger partial charge in [0.15, 0.2) is 0 Å². The summed E-state index contributed by atoms with van der Waals surface area (Å²) >= 11 is 1.70. The van der Waals surface area contributed by atoms with Crippen molar-refractivity contribution in [2.24, 2.45) is 7.05 Å². The molecular formula is C19H18N4O2S. The lowest BCUT2D eigenvalue weighted by Crippen LogP contribution is -2.07. The number of imidazole rings is 1. The van der Waals surface area contributed by atoms with E-state index in [1.807, 2.05) is 29.9 Å². The van der Waals surface area contributed by atoms with E-state index >= 15 is 0 Å². The molecule has 0 N–H and O–H groups in total. The van der Waals surface area contributed by atoms with Gasteiger partial charge in [-0.05, 0) is 32.0 Å². The Labute approximate surface area is 154 Å². The van der Waals surface area contributed by atoms with Crippen molar-refractivity contribution in [1.82, 2.24) is 19.2 Å². The standard InChI is InChI=1S/C19H18N4O2S/c1-4-25-19(24)13-7-15(14-8-21-22(3)10-14)18-20-9-16(23(18)11-13)17-6-5-12(2)26-17/h5-11H,4H2,1-3H3. The number of aryl methyl sites for hydroxylation is 2. The molecule has 4 aromatic rings. The second-order valence-corrected chi connectivity index (χ2v) is 7.30. The Bertz CT molecular complexity index is 1110. The predicted molar refractivity (Wildman–Crippen MR) is 101 cm³/mol. The van der Waals surface area contributed by atoms with Gasteiger partial charge in [-0.15, -0.1) is 11.3 Å². The highest BCUT2D eigenvalue weighted by atomic mass is 32.1. The summed E-state index contributed by atoms with van der Waals surface area (Å²) < 4.78 is 8.90. The molecule has 0 saturated carbocycles. The van der Waals surface area contributed by atoms with Crippen LogP contribution in [0, 0.1) is 6.92 Å². The quantitative estimate of drug-likeness (QED) is 0.513. The third-order valence-electron chi connectivity index (χ3n) is 4.13. The first-order valence-electron chi connectivity index (χ1n) is 8.31. The first-order chi connectivity index (χ1) is 12.6. The van der Waals surface area contributed by atoms with Gasteiger partial charge in [-0.2, -0.15) is 5.10 Å². The lowest BCUT2D eigenvalue weighted by Gasteiger charge is -2.08. The first kappa shape index (κ1) is 16.5. The van der Waals surface area contributed by atoms with Crippen molar-refractivity contribution < 1.29 is 9.53 Å². The molecule has 0 unspecified atom stereocenters. The van der Waals surface area contributed by atoms with Crippen molar-refractivity contribution in [2.75, 3.05) is 6.61 Å². The van der Waals surface area contributed by atoms with Crippen LogP contribution in [0.15, 0.2) is 43.0 Å². The van der Waals surface area contributed by atoms with Crippen LogP contribution in [-0.2, 0) is 11.8 Å². The topological polar surface area (TPSA) is 61.4 Å². The van der Waals surface area contributed by atoms with E-state index in [1.54, 1.807) is 35.3 Å². The Kier molecular flexibility index (Phi) is 4.08. The van der Waals surface area contributed by atoms with Crippen molar-refractivity contribution in [3.05, 3.63) is 53.4 Å². The number of esters is 1. The molecule has 0 radical (unpaired) electrons. The van der Waals surface area contributed by atoms with Crippen molar-refractivity contribution in [3.8, 4) is 21.7 Å². The van der Waals surface area contributed by atoms with Crippen LogP contribution >= 0.6 is 11.3 Å². The summed E-state index contributed by atoms with van der Waals surface area (Å²) in [5, 5.41) is 4.24. The predicted octanol–water partition coefficient (Wildman–Crippen LogP) is 3.95. The molecule has 26 heavy (non-hydrogen) atoms. The number of carbonyl (C=O) groups excluding carboxylic acids is 1. The number of hydrogen-bond donors (Lipinski definition) is 0. The SMILES string of the molecule is CCOC(=O)c1cc(-c2cnn(C)c2)c2ncc(-c3ccc(C)s3)n2c1. The molecule has 0 aromatic carbocycles. The molecule has 132 valence electrons. The maximum atomic E-state index is 12.4. The zero-order valence-corrected chi connectivity index (χ0v) is 15.6. The average Bonchev–Trinajstić information content (AvgIpc) is 3.33. The molecule has 0 spiro atoms. The lowest BCUT2D eigenvalue weighted by molar-refractivity contribution is 0.0526. The summed E-state index contributed by atoms with van der Waals surface area (Å²) in [6, 6.07) is 5.97. The van der Waals surface area contributed by atoms with Crippen LogP contribution in [0.3, 0.4) is 0 Å². The average molecular weight is 366 g/mol. The van der Waals surface area contributed by atoms with Gasteiger partial charge in [0, 0.05) is 35.4 Å². The van der Waals surface area contributed by atoms with Crippen LogP contribution in [0.4, 0.5) is 0 Å². The van der Waals surface area contributed by atoms with E-state index in [2.05, 4.69) is 29.1 Å². The molecule has 6 nitrogen and oxygen atoms in total. The van der Waals surface area contributed by atoms with Crippen molar-refractivity contribution >= 4 is 23.0 Å². The number of aromatic nitrogens is 4. The summed E-state index contributed by atoms with van der Waals surface area (Å²) in [4.78, 5) is 19.3. The molecule has 4 rings (SSSR count). The van der Waals surface area contributed by atoms with Crippen molar-refractivity contribution in [1.29, 1.82) is 0 Å². The minimum Gasteiger partial charge on any atom is -0.462 e. The van der Waals surface area contributed by atoms with Gasteiger partial charge in [0.2, 0.25) is 0 Å². The van der Waals surface area contributed by atoms with Gasteiger partial charge in [0.25, 0.3) is 0 Å². The molecule has 4 heterocycles. The van der Waals surface area contributed by atoms with E-state index in [0.29, 0.717) is 12.2 Å². The minimum atomic E-state index is -0.346. The molecule has 7 heteroatoms. The van der Waals surface area contributed by atoms with E-state index in [1.165, 1.54) is 4.88 Å². The number of pyridine rings is 1. The van der Waals surface area contributed by atoms with Crippen molar-refractivity contribution in [2.45, 2.75) is 13.8 Å². The van der Waals surface area contributed by atoms with Gasteiger partial charge >= 0.3 is 5.97 Å². The molecule has 0 amide bonds. The van der Waals surface area contributed by atoms with Crippen LogP contribution in [0.25, 0.3) is 27.3 Å². The summed E-state index contributed by atoms with van der Waals surface area (Å²) in [5.74, 6) is -0.346. The molecule has 0 bridgehead atoms. The zero-order chi connectivity index (χ0) is 18.3. The Balaban J connectivity index is 1.97. The zero-order valence-electron chi connectivity index (χ0n) is 14.8. The third-order valence-corrected chi connectivity index (χ3v) is 5.15. The summed E-state index contributed by atoms with van der Waals surface area (Å²) in [6.45, 7) is 4.21. The second kappa shape index (κ2) is 6.42. The maximum Gasteiger partial charge on any atom is 0.339 e. The monoisotopic (exact) mass is 366 g/mol. The summed E-state index contributed by atoms with van der Waals surface area (Å²) in [7, 11) is 1.86. The summed E-state index contributed by atoms with van der Waals surface area (Å²) in [6.07, 6.45) is 7.32. The Morgan fingerprint density at radius 2 is 2.12 bits per heavy atom. The van der Waals surface area contributed by atoms with Crippen LogP contribution in [-0.4, -0.2) is 31.7 Å². The Morgan fingerprint density at radius 1 is 1.27 bits per heavy atom. The van der Waals surface area contributed by atoms with Gasteiger partial charge in [0.05, 0.1) is 35.1 Å². The minimum absolute atomic E-state index is 0.333. The number of hydrogen-bond acceptors (Lipinski definition) is 5. The molecule has 0 atom stereocenters. The normalized spacial score (nSPS) is 11.2. The maximum absolute atomic E-state index is 12.4. The number of rotatable bonds is 4. The number of carbonyl (C=O) groups is 1. The number of thiophene rings is 1. The van der Waals surface area contributed by atoms with Gasteiger partial charge in [0.1, 0.15) is 5.65 Å². The molecule has 4 aromatic heterocycles. The van der Waals surface area contributed by atoms with E-state index in [9.17, 15) is 4.79 Å².